The fourth-order valence-electron chi connectivity index (χ4n) is 4.87. The molecule has 0 heteroatoms. The van der Waals surface area contributed by atoms with E-state index < -0.39 is 0 Å². The molecule has 0 aliphatic carbocycles. The van der Waals surface area contributed by atoms with Crippen molar-refractivity contribution in [3.8, 4) is 33.4 Å². The molecule has 4 aromatic carbocycles. The summed E-state index contributed by atoms with van der Waals surface area (Å²) in [5.41, 5.74) is 15.8. The van der Waals surface area contributed by atoms with Gasteiger partial charge in [-0.05, 0) is 127 Å². The van der Waals surface area contributed by atoms with Gasteiger partial charge in [0.25, 0.3) is 0 Å². The van der Waals surface area contributed by atoms with Gasteiger partial charge in [0.05, 0.1) is 0 Å². The second-order valence-electron chi connectivity index (χ2n) is 8.60. The lowest BCUT2D eigenvalue weighted by Crippen LogP contribution is -1.95. The van der Waals surface area contributed by atoms with Crippen LogP contribution in [0.25, 0.3) is 33.4 Å². The Balaban J connectivity index is 2.08. The molecule has 4 aromatic rings. The first-order valence-electron chi connectivity index (χ1n) is 10.7. The van der Waals surface area contributed by atoms with Crippen molar-refractivity contribution in [2.75, 3.05) is 0 Å². The number of hydrogen-bond donors (Lipinski definition) is 0. The summed E-state index contributed by atoms with van der Waals surface area (Å²) < 4.78 is 0. The van der Waals surface area contributed by atoms with Crippen LogP contribution in [0.1, 0.15) is 33.4 Å². The van der Waals surface area contributed by atoms with Crippen molar-refractivity contribution < 1.29 is 0 Å². The van der Waals surface area contributed by atoms with Crippen molar-refractivity contribution in [2.24, 2.45) is 0 Å². The molecule has 0 aliphatic heterocycles. The summed E-state index contributed by atoms with van der Waals surface area (Å²) in [6.07, 6.45) is 0. The molecule has 0 radical (unpaired) electrons. The average Bonchev–Trinajstić information content (AvgIpc) is 2.67. The highest BCUT2D eigenvalue weighted by Gasteiger charge is 2.14. The third-order valence-electron chi connectivity index (χ3n) is 6.24. The highest BCUT2D eigenvalue weighted by atomic mass is 14.2. The molecule has 150 valence electrons. The SMILES string of the molecule is Cc1cccc(C)c1-c1cc(-c2c(C)cccc2C)cc(-c2c(C)cccc2C)c1. The molecule has 4 rings (SSSR count). The summed E-state index contributed by atoms with van der Waals surface area (Å²) in [6, 6.07) is 26.9. The average molecular weight is 391 g/mol. The zero-order chi connectivity index (χ0) is 21.4. The molecule has 0 bridgehead atoms. The van der Waals surface area contributed by atoms with Crippen LogP contribution in [0.5, 0.6) is 0 Å². The Morgan fingerprint density at radius 2 is 0.533 bits per heavy atom. The van der Waals surface area contributed by atoms with Crippen LogP contribution in [-0.4, -0.2) is 0 Å². The third-order valence-corrected chi connectivity index (χ3v) is 6.24. The monoisotopic (exact) mass is 390 g/mol. The Hall–Kier alpha value is -3.12. The molecule has 0 atom stereocenters. The third kappa shape index (κ3) is 3.59. The van der Waals surface area contributed by atoms with E-state index in [1.807, 2.05) is 0 Å². The van der Waals surface area contributed by atoms with Gasteiger partial charge in [-0.3, -0.25) is 0 Å². The maximum Gasteiger partial charge on any atom is -0.0125 e. The van der Waals surface area contributed by atoms with E-state index in [9.17, 15) is 0 Å². The van der Waals surface area contributed by atoms with E-state index >= 15 is 0 Å². The highest BCUT2D eigenvalue weighted by molar-refractivity contribution is 5.86. The van der Waals surface area contributed by atoms with Crippen molar-refractivity contribution in [1.29, 1.82) is 0 Å². The smallest absolute Gasteiger partial charge is 0.0125 e. The van der Waals surface area contributed by atoms with Crippen LogP contribution in [-0.2, 0) is 0 Å². The Kier molecular flexibility index (Phi) is 5.35. The number of benzene rings is 4. The van der Waals surface area contributed by atoms with Crippen molar-refractivity contribution in [3.63, 3.8) is 0 Å². The van der Waals surface area contributed by atoms with E-state index in [-0.39, 0.29) is 0 Å². The minimum absolute atomic E-state index is 1.29. The fourth-order valence-corrected chi connectivity index (χ4v) is 4.87. The Bertz CT molecular complexity index is 1010. The zero-order valence-corrected chi connectivity index (χ0v) is 18.9. The van der Waals surface area contributed by atoms with Crippen LogP contribution in [0.4, 0.5) is 0 Å². The van der Waals surface area contributed by atoms with Crippen LogP contribution < -0.4 is 0 Å². The maximum absolute atomic E-state index is 2.38. The molecular weight excluding hydrogens is 360 g/mol. The first-order valence-corrected chi connectivity index (χ1v) is 10.7. The van der Waals surface area contributed by atoms with Crippen LogP contribution >= 0.6 is 0 Å². The predicted molar refractivity (Wildman–Crippen MR) is 131 cm³/mol. The highest BCUT2D eigenvalue weighted by Crippen LogP contribution is 2.39. The van der Waals surface area contributed by atoms with E-state index in [0.717, 1.165) is 0 Å². The summed E-state index contributed by atoms with van der Waals surface area (Å²) in [4.78, 5) is 0. The van der Waals surface area contributed by atoms with E-state index in [4.69, 9.17) is 0 Å². The van der Waals surface area contributed by atoms with Gasteiger partial charge in [0.1, 0.15) is 0 Å². The molecule has 0 nitrogen and oxygen atoms in total. The molecule has 0 aromatic heterocycles. The van der Waals surface area contributed by atoms with Gasteiger partial charge in [-0.1, -0.05) is 54.6 Å². The molecule has 0 heterocycles. The van der Waals surface area contributed by atoms with Crippen molar-refractivity contribution >= 4 is 0 Å². The number of rotatable bonds is 3. The minimum Gasteiger partial charge on any atom is -0.0617 e. The van der Waals surface area contributed by atoms with E-state index in [1.165, 1.54) is 66.8 Å². The lowest BCUT2D eigenvalue weighted by Gasteiger charge is -2.18. The predicted octanol–water partition coefficient (Wildman–Crippen LogP) is 8.54. The van der Waals surface area contributed by atoms with E-state index in [1.54, 1.807) is 0 Å². The summed E-state index contributed by atoms with van der Waals surface area (Å²) in [6.45, 7) is 13.3. The lowest BCUT2D eigenvalue weighted by atomic mass is 9.86. The van der Waals surface area contributed by atoms with Crippen LogP contribution in [0.2, 0.25) is 0 Å². The maximum atomic E-state index is 2.38. The molecule has 0 unspecified atom stereocenters. The van der Waals surface area contributed by atoms with Crippen molar-refractivity contribution in [3.05, 3.63) is 106 Å². The quantitative estimate of drug-likeness (QED) is 0.329. The Morgan fingerprint density at radius 1 is 0.333 bits per heavy atom. The molecular formula is C30H30. The van der Waals surface area contributed by atoms with Gasteiger partial charge in [-0.15, -0.1) is 0 Å². The van der Waals surface area contributed by atoms with Gasteiger partial charge in [-0.2, -0.15) is 0 Å². The van der Waals surface area contributed by atoms with Gasteiger partial charge < -0.3 is 0 Å². The van der Waals surface area contributed by atoms with Crippen LogP contribution in [0.3, 0.4) is 0 Å². The molecule has 0 saturated carbocycles. The lowest BCUT2D eigenvalue weighted by molar-refractivity contribution is 1.35. The topological polar surface area (TPSA) is 0 Å². The second-order valence-corrected chi connectivity index (χ2v) is 8.60. The fraction of sp³-hybridized carbons (Fsp3) is 0.200. The van der Waals surface area contributed by atoms with E-state index in [0.29, 0.717) is 0 Å². The molecule has 30 heavy (non-hydrogen) atoms. The minimum atomic E-state index is 1.29. The Labute approximate surface area is 181 Å². The van der Waals surface area contributed by atoms with Gasteiger partial charge >= 0.3 is 0 Å². The van der Waals surface area contributed by atoms with Crippen LogP contribution in [0, 0.1) is 41.5 Å². The summed E-state index contributed by atoms with van der Waals surface area (Å²) >= 11 is 0. The second kappa shape index (κ2) is 7.95. The zero-order valence-electron chi connectivity index (χ0n) is 18.9. The van der Waals surface area contributed by atoms with Crippen molar-refractivity contribution in [2.45, 2.75) is 41.5 Å². The molecule has 0 amide bonds. The van der Waals surface area contributed by atoms with Crippen molar-refractivity contribution in [1.82, 2.24) is 0 Å². The summed E-state index contributed by atoms with van der Waals surface area (Å²) in [5, 5.41) is 0. The standard InChI is InChI=1S/C30H30/c1-19-10-7-11-20(2)28(19)25-16-26(29-21(3)12-8-13-22(29)4)18-27(17-25)30-23(5)14-9-15-24(30)6/h7-18H,1-6H3. The number of hydrogen-bond acceptors (Lipinski definition) is 0. The van der Waals surface area contributed by atoms with Crippen LogP contribution in [0.15, 0.2) is 72.8 Å². The molecule has 0 N–H and O–H groups in total. The summed E-state index contributed by atoms with van der Waals surface area (Å²) in [7, 11) is 0. The normalized spacial score (nSPS) is 11.0. The van der Waals surface area contributed by atoms with Gasteiger partial charge in [0.2, 0.25) is 0 Å². The van der Waals surface area contributed by atoms with E-state index in [2.05, 4.69) is 114 Å². The first kappa shape index (κ1) is 20.2. The molecule has 0 fully saturated rings. The largest absolute Gasteiger partial charge is 0.0617 e. The molecule has 0 saturated heterocycles. The van der Waals surface area contributed by atoms with Gasteiger partial charge in [0, 0.05) is 0 Å². The number of aryl methyl sites for hydroxylation is 6. The summed E-state index contributed by atoms with van der Waals surface area (Å²) in [5.74, 6) is 0. The molecule has 0 spiro atoms. The molecule has 0 aliphatic rings. The first-order chi connectivity index (χ1) is 14.4. The van der Waals surface area contributed by atoms with Gasteiger partial charge in [0.15, 0.2) is 0 Å². The van der Waals surface area contributed by atoms with Gasteiger partial charge in [-0.25, -0.2) is 0 Å². The Morgan fingerprint density at radius 3 is 0.733 bits per heavy atom.